The number of nitrogens with zero attached hydrogens (tertiary/aromatic N) is 3. The number of aromatic amines is 1. The Hall–Kier alpha value is -2.39. The summed E-state index contributed by atoms with van der Waals surface area (Å²) in [5.41, 5.74) is 2.31. The van der Waals surface area contributed by atoms with E-state index in [1.807, 2.05) is 6.07 Å². The number of nitrogens with one attached hydrogen (secondary N) is 1. The van der Waals surface area contributed by atoms with Gasteiger partial charge in [-0.05, 0) is 55.9 Å². The lowest BCUT2D eigenvalue weighted by Crippen LogP contribution is -2.36. The molecule has 134 valence electrons. The molecule has 3 aliphatic rings. The highest BCUT2D eigenvalue weighted by molar-refractivity contribution is 5.94. The fourth-order valence-corrected chi connectivity index (χ4v) is 4.32. The first-order valence-electron chi connectivity index (χ1n) is 9.49. The number of anilines is 1. The molecule has 0 bridgehead atoms. The minimum atomic E-state index is -0.569. The summed E-state index contributed by atoms with van der Waals surface area (Å²) in [4.78, 5) is 21.8. The van der Waals surface area contributed by atoms with E-state index in [2.05, 4.69) is 20.9 Å². The quantitative estimate of drug-likeness (QED) is 0.887. The molecule has 0 radical (unpaired) electrons. The Bertz CT molecular complexity index is 972. The minimum absolute atomic E-state index is 0.169. The maximum Gasteiger partial charge on any atom is 0.268 e. The maximum absolute atomic E-state index is 12.4. The molecule has 2 aromatic rings. The van der Waals surface area contributed by atoms with Crippen LogP contribution in [0, 0.1) is 22.7 Å². The normalized spacial score (nSPS) is 22.4. The lowest BCUT2D eigenvalue weighted by molar-refractivity contribution is 0.149. The summed E-state index contributed by atoms with van der Waals surface area (Å²) >= 11 is 0. The summed E-state index contributed by atoms with van der Waals surface area (Å²) in [6.07, 6.45) is 7.96. The summed E-state index contributed by atoms with van der Waals surface area (Å²) in [6, 6.07) is 3.97. The summed E-state index contributed by atoms with van der Waals surface area (Å²) in [5, 5.41) is 20.9. The van der Waals surface area contributed by atoms with E-state index >= 15 is 0 Å². The van der Waals surface area contributed by atoms with Crippen LogP contribution in [0.15, 0.2) is 17.1 Å². The molecule has 1 saturated heterocycles. The van der Waals surface area contributed by atoms with Gasteiger partial charge < -0.3 is 15.0 Å². The first-order valence-corrected chi connectivity index (χ1v) is 9.49. The number of aromatic nitrogens is 2. The molecule has 5 rings (SSSR count). The number of H-pyrrole nitrogens is 1. The molecule has 6 heteroatoms. The third-order valence-corrected chi connectivity index (χ3v) is 6.47. The molecule has 2 N–H and O–H groups in total. The second-order valence-electron chi connectivity index (χ2n) is 8.21. The first kappa shape index (κ1) is 15.8. The number of aliphatic hydroxyl groups excluding tert-OH is 1. The highest BCUT2D eigenvalue weighted by Gasteiger charge is 2.45. The Morgan fingerprint density at radius 2 is 2.04 bits per heavy atom. The van der Waals surface area contributed by atoms with Crippen LogP contribution in [0.3, 0.4) is 0 Å². The smallest absolute Gasteiger partial charge is 0.268 e. The summed E-state index contributed by atoms with van der Waals surface area (Å²) in [5.74, 6) is 0.284. The zero-order valence-electron chi connectivity index (χ0n) is 14.7. The highest BCUT2D eigenvalue weighted by atomic mass is 16.3. The zero-order chi connectivity index (χ0) is 17.9. The van der Waals surface area contributed by atoms with Crippen LogP contribution in [0.2, 0.25) is 0 Å². The molecule has 2 saturated carbocycles. The molecule has 1 spiro atoms. The lowest BCUT2D eigenvalue weighted by atomic mass is 9.92. The van der Waals surface area contributed by atoms with Crippen molar-refractivity contribution in [2.75, 3.05) is 18.0 Å². The molecule has 0 amide bonds. The third-order valence-electron chi connectivity index (χ3n) is 6.47. The van der Waals surface area contributed by atoms with Crippen LogP contribution in [-0.2, 0) is 0 Å². The number of aliphatic hydroxyl groups is 1. The SMILES string of the molecule is N#Cc1c(N2CCC3(CC2)CC3)c2cc([C@@H](O)C3CC3)ncc2[nH]c1=O. The number of nitriles is 1. The number of pyridine rings is 2. The molecule has 2 aliphatic carbocycles. The predicted octanol–water partition coefficient (Wildman–Crippen LogP) is 2.62. The van der Waals surface area contributed by atoms with Crippen molar-refractivity contribution in [3.8, 4) is 6.07 Å². The van der Waals surface area contributed by atoms with E-state index in [9.17, 15) is 15.2 Å². The molecular weight excluding hydrogens is 328 g/mol. The monoisotopic (exact) mass is 350 g/mol. The zero-order valence-corrected chi connectivity index (χ0v) is 14.7. The molecule has 0 unspecified atom stereocenters. The van der Waals surface area contributed by atoms with Gasteiger partial charge in [0.25, 0.3) is 5.56 Å². The van der Waals surface area contributed by atoms with Crippen molar-refractivity contribution in [3.05, 3.63) is 33.9 Å². The van der Waals surface area contributed by atoms with Gasteiger partial charge in [-0.2, -0.15) is 5.26 Å². The third kappa shape index (κ3) is 2.50. The van der Waals surface area contributed by atoms with Gasteiger partial charge in [0.1, 0.15) is 11.6 Å². The molecule has 1 aliphatic heterocycles. The van der Waals surface area contributed by atoms with Gasteiger partial charge in [-0.1, -0.05) is 0 Å². The molecule has 26 heavy (non-hydrogen) atoms. The summed E-state index contributed by atoms with van der Waals surface area (Å²) in [6.45, 7) is 1.74. The van der Waals surface area contributed by atoms with E-state index in [1.54, 1.807) is 6.20 Å². The number of hydrogen-bond acceptors (Lipinski definition) is 5. The molecule has 3 heterocycles. The Morgan fingerprint density at radius 1 is 1.31 bits per heavy atom. The molecule has 0 aromatic carbocycles. The predicted molar refractivity (Wildman–Crippen MR) is 97.9 cm³/mol. The van der Waals surface area contributed by atoms with Crippen LogP contribution in [0.5, 0.6) is 0 Å². The van der Waals surface area contributed by atoms with Gasteiger partial charge in [0.05, 0.1) is 29.2 Å². The van der Waals surface area contributed by atoms with Crippen molar-refractivity contribution in [1.82, 2.24) is 9.97 Å². The Morgan fingerprint density at radius 3 is 2.65 bits per heavy atom. The van der Waals surface area contributed by atoms with Crippen LogP contribution in [0.1, 0.15) is 55.9 Å². The van der Waals surface area contributed by atoms with E-state index in [0.29, 0.717) is 22.3 Å². The average molecular weight is 350 g/mol. The maximum atomic E-state index is 12.4. The first-order chi connectivity index (χ1) is 12.6. The van der Waals surface area contributed by atoms with E-state index in [0.717, 1.165) is 44.2 Å². The van der Waals surface area contributed by atoms with E-state index < -0.39 is 6.10 Å². The average Bonchev–Trinajstić information content (AvgIpc) is 3.57. The number of hydrogen-bond donors (Lipinski definition) is 2. The molecule has 1 atom stereocenters. The van der Waals surface area contributed by atoms with Crippen molar-refractivity contribution in [3.63, 3.8) is 0 Å². The summed E-state index contributed by atoms with van der Waals surface area (Å²) < 4.78 is 0. The molecular formula is C20H22N4O2. The van der Waals surface area contributed by atoms with Gasteiger partial charge >= 0.3 is 0 Å². The largest absolute Gasteiger partial charge is 0.387 e. The number of rotatable bonds is 3. The van der Waals surface area contributed by atoms with Gasteiger partial charge in [0, 0.05) is 18.5 Å². The van der Waals surface area contributed by atoms with Gasteiger partial charge in [-0.3, -0.25) is 9.78 Å². The van der Waals surface area contributed by atoms with Crippen molar-refractivity contribution < 1.29 is 5.11 Å². The standard InChI is InChI=1S/C20H22N4O2/c21-10-14-17(24-7-5-20(3-4-20)6-8-24)13-9-15(18(25)12-1-2-12)22-11-16(13)23-19(14)26/h9,11-12,18,25H,1-8H2,(H,23,26)/t18-/m0/s1. The topological polar surface area (TPSA) is 93.0 Å². The van der Waals surface area contributed by atoms with Crippen molar-refractivity contribution in [1.29, 1.82) is 5.26 Å². The Labute approximate surface area is 151 Å². The van der Waals surface area contributed by atoms with Crippen LogP contribution >= 0.6 is 0 Å². The van der Waals surface area contributed by atoms with Crippen molar-refractivity contribution in [2.45, 2.75) is 44.6 Å². The minimum Gasteiger partial charge on any atom is -0.387 e. The Balaban J connectivity index is 1.63. The van der Waals surface area contributed by atoms with Gasteiger partial charge in [0.15, 0.2) is 0 Å². The lowest BCUT2D eigenvalue weighted by Gasteiger charge is -2.34. The van der Waals surface area contributed by atoms with Crippen LogP contribution in [0.4, 0.5) is 5.69 Å². The van der Waals surface area contributed by atoms with E-state index in [-0.39, 0.29) is 17.0 Å². The van der Waals surface area contributed by atoms with E-state index in [4.69, 9.17) is 0 Å². The molecule has 2 aromatic heterocycles. The molecule has 6 nitrogen and oxygen atoms in total. The fraction of sp³-hybridized carbons (Fsp3) is 0.550. The summed E-state index contributed by atoms with van der Waals surface area (Å²) in [7, 11) is 0. The number of fused-ring (bicyclic) bond motifs is 1. The van der Waals surface area contributed by atoms with Crippen LogP contribution in [-0.4, -0.2) is 28.2 Å². The second kappa shape index (κ2) is 5.55. The van der Waals surface area contributed by atoms with Crippen LogP contribution in [0.25, 0.3) is 10.9 Å². The van der Waals surface area contributed by atoms with Gasteiger partial charge in [-0.15, -0.1) is 0 Å². The Kier molecular flexibility index (Phi) is 3.38. The van der Waals surface area contributed by atoms with Gasteiger partial charge in [-0.25, -0.2) is 0 Å². The van der Waals surface area contributed by atoms with Gasteiger partial charge in [0.2, 0.25) is 0 Å². The van der Waals surface area contributed by atoms with Crippen molar-refractivity contribution in [2.24, 2.45) is 11.3 Å². The fourth-order valence-electron chi connectivity index (χ4n) is 4.32. The van der Waals surface area contributed by atoms with Crippen LogP contribution < -0.4 is 10.5 Å². The number of piperidine rings is 1. The second-order valence-corrected chi connectivity index (χ2v) is 8.21. The molecule has 3 fully saturated rings. The van der Waals surface area contributed by atoms with Crippen molar-refractivity contribution >= 4 is 16.6 Å². The highest BCUT2D eigenvalue weighted by Crippen LogP contribution is 2.54. The van der Waals surface area contributed by atoms with E-state index in [1.165, 1.54) is 12.8 Å².